The molecular formula is C13H14Cl2N2O5Sn2. The van der Waals surface area contributed by atoms with Gasteiger partial charge in [-0.25, -0.2) is 0 Å². The predicted octanol–water partition coefficient (Wildman–Crippen LogP) is -1.33. The summed E-state index contributed by atoms with van der Waals surface area (Å²) in [6.07, 6.45) is 0. The Morgan fingerprint density at radius 2 is 1.12 bits per heavy atom. The van der Waals surface area contributed by atoms with Gasteiger partial charge >= 0.3 is 69.0 Å². The van der Waals surface area contributed by atoms with Crippen LogP contribution >= 0.6 is 17.8 Å². The molecule has 0 radical (unpaired) electrons. The van der Waals surface area contributed by atoms with Crippen molar-refractivity contribution in [2.75, 3.05) is 0 Å². The molecule has 7 nitrogen and oxygen atoms in total. The molecule has 11 heteroatoms. The number of halogens is 2. The third kappa shape index (κ3) is 12.1. The van der Waals surface area contributed by atoms with Gasteiger partial charge in [-0.15, -0.1) is 0 Å². The van der Waals surface area contributed by atoms with Gasteiger partial charge in [-0.05, 0) is 12.1 Å². The Bertz CT molecular complexity index is 664. The molecule has 0 atom stereocenters. The summed E-state index contributed by atoms with van der Waals surface area (Å²) >= 11 is -7.14. The Morgan fingerprint density at radius 1 is 0.833 bits per heavy atom. The molecule has 0 fully saturated rings. The van der Waals surface area contributed by atoms with Crippen LogP contribution in [0.2, 0.25) is 0 Å². The van der Waals surface area contributed by atoms with E-state index in [-0.39, 0.29) is 5.78 Å². The minimum atomic E-state index is -3.57. The standard InChI is InChI=1S/C13H12N2O.2ClH.4O.2Sn/c14-11-5-1-3-9(7-11)13(16)10-4-2-6-12(15)8-10;;;;;;;;/h1-8H,14-15H2;2*1H;;;;;;/q;;;;;2*-1;2*+1. The van der Waals surface area contributed by atoms with Crippen LogP contribution in [0, 0.1) is 0 Å². The van der Waals surface area contributed by atoms with Gasteiger partial charge in [0.15, 0.2) is 5.78 Å². The molecular weight excluding hydrogens is 572 g/mol. The molecule has 0 aliphatic heterocycles. The summed E-state index contributed by atoms with van der Waals surface area (Å²) in [5, 5.41) is 0. The quantitative estimate of drug-likeness (QED) is 0.330. The summed E-state index contributed by atoms with van der Waals surface area (Å²) < 4.78 is 35.7. The van der Waals surface area contributed by atoms with Crippen molar-refractivity contribution < 1.29 is 29.3 Å². The van der Waals surface area contributed by atoms with E-state index in [2.05, 4.69) is 29.3 Å². The summed E-state index contributed by atoms with van der Waals surface area (Å²) in [5.74, 6) is 0.0102. The number of hydrogen-bond donors (Lipinski definition) is 2. The minimum absolute atomic E-state index is 0.0102. The topological polar surface area (TPSA) is 153 Å². The summed E-state index contributed by atoms with van der Waals surface area (Å²) in [6, 6.07) is 14.6. The molecule has 0 unspecified atom stereocenters. The number of hydrogen-bond acceptors (Lipinski definition) is 5. The van der Waals surface area contributed by atoms with Crippen molar-refractivity contribution in [3.8, 4) is 0 Å². The second-order valence-corrected chi connectivity index (χ2v) is 11.1. The molecule has 0 aliphatic carbocycles. The number of benzene rings is 2. The molecule has 2 rings (SSSR count). The first-order valence-electron chi connectivity index (χ1n) is 6.25. The molecule has 2 aromatic rings. The average molecular weight is 587 g/mol. The Kier molecular flexibility index (Phi) is 12.9. The van der Waals surface area contributed by atoms with E-state index in [9.17, 15) is 4.79 Å². The van der Waals surface area contributed by atoms with E-state index < -0.39 is 38.1 Å². The fraction of sp³-hybridized carbons (Fsp3) is 0. The van der Waals surface area contributed by atoms with E-state index in [1.54, 1.807) is 24.3 Å². The van der Waals surface area contributed by atoms with Crippen LogP contribution in [-0.4, -0.2) is 43.9 Å². The van der Waals surface area contributed by atoms with Gasteiger partial charge in [-0.1, -0.05) is 24.3 Å². The van der Waals surface area contributed by atoms with Gasteiger partial charge in [-0.2, -0.15) is 0 Å². The first-order valence-corrected chi connectivity index (χ1v) is 18.1. The van der Waals surface area contributed by atoms with Crippen molar-refractivity contribution in [2.45, 2.75) is 0 Å². The molecule has 0 aliphatic rings. The molecule has 0 saturated carbocycles. The number of rotatable bonds is 2. The number of carbonyl (C=O) groups excluding carboxylic acids is 1. The molecule has 24 heavy (non-hydrogen) atoms. The van der Waals surface area contributed by atoms with Gasteiger partial charge in [0.1, 0.15) is 11.4 Å². The van der Waals surface area contributed by atoms with Crippen LogP contribution in [0.1, 0.15) is 15.9 Å². The molecule has 0 saturated heterocycles. The number of ketones is 1. The van der Waals surface area contributed by atoms with Crippen LogP contribution in [0.25, 0.3) is 0 Å². The monoisotopic (exact) mass is 588 g/mol. The van der Waals surface area contributed by atoms with Crippen molar-refractivity contribution in [3.05, 3.63) is 59.7 Å². The third-order valence-electron chi connectivity index (χ3n) is 2.38. The molecule has 0 heterocycles. The van der Waals surface area contributed by atoms with Crippen molar-refractivity contribution >= 4 is 73.1 Å². The van der Waals surface area contributed by atoms with Crippen LogP contribution in [0.5, 0.6) is 0 Å². The van der Waals surface area contributed by atoms with Crippen molar-refractivity contribution in [1.29, 1.82) is 0 Å². The molecule has 0 spiro atoms. The zero-order valence-corrected chi connectivity index (χ0v) is 19.6. The second-order valence-electron chi connectivity index (χ2n) is 4.21. The molecule has 0 bridgehead atoms. The zero-order valence-electron chi connectivity index (χ0n) is 12.3. The first kappa shape index (κ1) is 23.7. The summed E-state index contributed by atoms with van der Waals surface area (Å²) in [4.78, 5) is 12.1. The molecule has 128 valence electrons. The first-order chi connectivity index (χ1) is 11.1. The van der Waals surface area contributed by atoms with Crippen molar-refractivity contribution in [2.24, 2.45) is 0 Å². The summed E-state index contributed by atoms with van der Waals surface area (Å²) in [7, 11) is 8.72. The van der Waals surface area contributed by atoms with E-state index >= 15 is 0 Å². The van der Waals surface area contributed by atoms with Crippen LogP contribution in [0.15, 0.2) is 48.5 Å². The Labute approximate surface area is 160 Å². The Hall–Kier alpha value is -0.273. The number of carbonyl (C=O) groups is 1. The van der Waals surface area contributed by atoms with Gasteiger partial charge in [0.05, 0.1) is 0 Å². The zero-order chi connectivity index (χ0) is 18.7. The summed E-state index contributed by atoms with van der Waals surface area (Å²) in [5.41, 5.74) is 10.6. The van der Waals surface area contributed by atoms with Crippen LogP contribution in [-0.2, 0) is 6.15 Å². The van der Waals surface area contributed by atoms with Crippen molar-refractivity contribution in [1.82, 2.24) is 0 Å². The van der Waals surface area contributed by atoms with Gasteiger partial charge < -0.3 is 11.5 Å². The molecule has 0 aromatic heterocycles. The van der Waals surface area contributed by atoms with E-state index in [1.165, 1.54) is 0 Å². The van der Waals surface area contributed by atoms with Gasteiger partial charge in [0.25, 0.3) is 0 Å². The SMILES string of the molecule is [NH3+]c1cccc(C(=O)c2cccc([NH3+])c2)c1.[O]=[Sn]([O-])[Cl].[O]=[Sn]([O-])[Cl]. The van der Waals surface area contributed by atoms with Gasteiger partial charge in [0, 0.05) is 23.3 Å². The van der Waals surface area contributed by atoms with E-state index in [0.717, 1.165) is 11.4 Å². The third-order valence-corrected chi connectivity index (χ3v) is 2.38. The van der Waals surface area contributed by atoms with Crippen LogP contribution in [0.4, 0.5) is 11.4 Å². The van der Waals surface area contributed by atoms with Crippen LogP contribution < -0.4 is 18.4 Å². The molecule has 0 amide bonds. The van der Waals surface area contributed by atoms with E-state index in [4.69, 9.17) is 13.0 Å². The van der Waals surface area contributed by atoms with E-state index in [1.807, 2.05) is 24.3 Å². The molecule has 2 aromatic carbocycles. The fourth-order valence-electron chi connectivity index (χ4n) is 1.59. The van der Waals surface area contributed by atoms with Crippen LogP contribution in [0.3, 0.4) is 0 Å². The van der Waals surface area contributed by atoms with E-state index in [0.29, 0.717) is 11.1 Å². The number of quaternary nitrogens is 2. The fourth-order valence-corrected chi connectivity index (χ4v) is 1.59. The maximum absolute atomic E-state index is 12.1. The average Bonchev–Trinajstić information content (AvgIpc) is 2.45. The second kappa shape index (κ2) is 13.0. The Balaban J connectivity index is 0.000000558. The normalized spacial score (nSPS) is 8.92. The Morgan fingerprint density at radius 3 is 1.38 bits per heavy atom. The van der Waals surface area contributed by atoms with Crippen molar-refractivity contribution in [3.63, 3.8) is 0 Å². The maximum atomic E-state index is 12.1. The van der Waals surface area contributed by atoms with Gasteiger partial charge in [-0.3, -0.25) is 4.79 Å². The molecule has 6 N–H and O–H groups in total. The summed E-state index contributed by atoms with van der Waals surface area (Å²) in [6.45, 7) is 0. The predicted molar refractivity (Wildman–Crippen MR) is 86.0 cm³/mol. The van der Waals surface area contributed by atoms with Gasteiger partial charge in [0.2, 0.25) is 0 Å².